The molecule has 1 aromatic carbocycles. The van der Waals surface area contributed by atoms with E-state index in [0.717, 1.165) is 0 Å². The maximum absolute atomic E-state index is 12.6. The maximum Gasteiger partial charge on any atom is 0.409 e. The fourth-order valence-corrected chi connectivity index (χ4v) is 3.52. The zero-order valence-corrected chi connectivity index (χ0v) is 18.5. The van der Waals surface area contributed by atoms with E-state index in [0.29, 0.717) is 62.1 Å². The second-order valence-electron chi connectivity index (χ2n) is 6.95. The van der Waals surface area contributed by atoms with Gasteiger partial charge in [0.05, 0.1) is 11.6 Å². The number of hydrogen-bond acceptors (Lipinski definition) is 5. The Hall–Kier alpha value is -2.48. The zero-order valence-electron chi connectivity index (χ0n) is 17.8. The van der Waals surface area contributed by atoms with Crippen molar-refractivity contribution in [3.8, 4) is 5.75 Å². The smallest absolute Gasteiger partial charge is 0.409 e. The summed E-state index contributed by atoms with van der Waals surface area (Å²) in [6.07, 6.45) is 0.818. The van der Waals surface area contributed by atoms with Crippen molar-refractivity contribution in [1.82, 2.24) is 9.80 Å². The number of carbonyl (C=O) groups is 3. The summed E-state index contributed by atoms with van der Waals surface area (Å²) >= 11 is 6.25. The summed E-state index contributed by atoms with van der Waals surface area (Å²) in [5.74, 6) is -0.0162. The Morgan fingerprint density at radius 1 is 1.17 bits per heavy atom. The van der Waals surface area contributed by atoms with Crippen LogP contribution in [0.25, 0.3) is 0 Å². The fraction of sp³-hybridized carbons (Fsp3) is 0.571. The first kappa shape index (κ1) is 23.8. The molecular formula is C21H30ClN3O5. The van der Waals surface area contributed by atoms with Crippen molar-refractivity contribution in [2.24, 2.45) is 5.92 Å². The molecule has 0 bridgehead atoms. The summed E-state index contributed by atoms with van der Waals surface area (Å²) in [5.41, 5.74) is 0.556. The third kappa shape index (κ3) is 6.52. The standard InChI is InChI=1S/C21H30ClN3O5/c1-4-24(5-2)19(26)14-30-18-8-7-16(13-17(18)22)23-20(27)15-9-11-25(12-10-15)21(28)29-6-3/h7-8,13,15H,4-6,9-12,14H2,1-3H3,(H,23,27). The molecule has 1 N–H and O–H groups in total. The van der Waals surface area contributed by atoms with E-state index < -0.39 is 0 Å². The molecule has 2 rings (SSSR count). The Morgan fingerprint density at radius 3 is 2.40 bits per heavy atom. The largest absolute Gasteiger partial charge is 0.482 e. The van der Waals surface area contributed by atoms with Crippen molar-refractivity contribution in [2.45, 2.75) is 33.6 Å². The Labute approximate surface area is 182 Å². The van der Waals surface area contributed by atoms with Crippen LogP contribution in [0.5, 0.6) is 5.75 Å². The first-order valence-corrected chi connectivity index (χ1v) is 10.7. The predicted octanol–water partition coefficient (Wildman–Crippen LogP) is 3.39. The van der Waals surface area contributed by atoms with Crippen molar-refractivity contribution in [2.75, 3.05) is 44.7 Å². The molecule has 0 saturated carbocycles. The second kappa shape index (κ2) is 11.6. The van der Waals surface area contributed by atoms with Crippen LogP contribution in [-0.4, -0.2) is 67.1 Å². The number of likely N-dealkylation sites (tertiary alicyclic amines) is 1. The lowest BCUT2D eigenvalue weighted by Gasteiger charge is -2.30. The minimum absolute atomic E-state index is 0.0911. The SMILES string of the molecule is CCOC(=O)N1CCC(C(=O)Nc2ccc(OCC(=O)N(CC)CC)c(Cl)c2)CC1. The van der Waals surface area contributed by atoms with Crippen molar-refractivity contribution in [3.05, 3.63) is 23.2 Å². The highest BCUT2D eigenvalue weighted by atomic mass is 35.5. The third-order valence-electron chi connectivity index (χ3n) is 5.06. The van der Waals surface area contributed by atoms with Gasteiger partial charge in [0.2, 0.25) is 5.91 Å². The second-order valence-corrected chi connectivity index (χ2v) is 7.36. The summed E-state index contributed by atoms with van der Waals surface area (Å²) in [7, 11) is 0. The number of benzene rings is 1. The molecule has 1 heterocycles. The average Bonchev–Trinajstić information content (AvgIpc) is 2.74. The maximum atomic E-state index is 12.6. The van der Waals surface area contributed by atoms with Gasteiger partial charge >= 0.3 is 6.09 Å². The summed E-state index contributed by atoms with van der Waals surface area (Å²) < 4.78 is 10.5. The van der Waals surface area contributed by atoms with Gasteiger partial charge in [0.25, 0.3) is 5.91 Å². The summed E-state index contributed by atoms with van der Waals surface area (Å²) in [4.78, 5) is 39.7. The van der Waals surface area contributed by atoms with E-state index in [1.807, 2.05) is 13.8 Å². The highest BCUT2D eigenvalue weighted by Gasteiger charge is 2.28. The van der Waals surface area contributed by atoms with Crippen molar-refractivity contribution >= 4 is 35.2 Å². The van der Waals surface area contributed by atoms with Gasteiger partial charge in [0.1, 0.15) is 5.75 Å². The van der Waals surface area contributed by atoms with E-state index in [1.54, 1.807) is 34.9 Å². The van der Waals surface area contributed by atoms with Gasteiger partial charge in [0, 0.05) is 37.8 Å². The molecule has 1 fully saturated rings. The van der Waals surface area contributed by atoms with E-state index in [2.05, 4.69) is 5.32 Å². The van der Waals surface area contributed by atoms with Gasteiger partial charge in [-0.2, -0.15) is 0 Å². The van der Waals surface area contributed by atoms with Crippen molar-refractivity contribution in [3.63, 3.8) is 0 Å². The van der Waals surface area contributed by atoms with E-state index in [4.69, 9.17) is 21.1 Å². The van der Waals surface area contributed by atoms with Crippen LogP contribution in [0.4, 0.5) is 10.5 Å². The van der Waals surface area contributed by atoms with Crippen LogP contribution < -0.4 is 10.1 Å². The number of amides is 3. The van der Waals surface area contributed by atoms with Gasteiger partial charge in [-0.25, -0.2) is 4.79 Å². The topological polar surface area (TPSA) is 88.2 Å². The molecule has 0 atom stereocenters. The Kier molecular flexibility index (Phi) is 9.23. The van der Waals surface area contributed by atoms with Crippen molar-refractivity contribution < 1.29 is 23.9 Å². The summed E-state index contributed by atoms with van der Waals surface area (Å²) in [6.45, 7) is 8.05. The van der Waals surface area contributed by atoms with E-state index in [1.165, 1.54) is 0 Å². The van der Waals surface area contributed by atoms with E-state index in [-0.39, 0.29) is 30.4 Å². The summed E-state index contributed by atoms with van der Waals surface area (Å²) in [6, 6.07) is 4.93. The Morgan fingerprint density at radius 2 is 1.83 bits per heavy atom. The molecule has 3 amide bonds. The molecule has 1 aliphatic rings. The first-order valence-electron chi connectivity index (χ1n) is 10.3. The molecule has 1 saturated heterocycles. The highest BCUT2D eigenvalue weighted by Crippen LogP contribution is 2.28. The molecule has 1 aromatic rings. The quantitative estimate of drug-likeness (QED) is 0.670. The van der Waals surface area contributed by atoms with Gasteiger partial charge in [-0.1, -0.05) is 11.6 Å². The van der Waals surface area contributed by atoms with Gasteiger partial charge in [-0.15, -0.1) is 0 Å². The molecule has 9 heteroatoms. The van der Waals surface area contributed by atoms with Crippen LogP contribution in [-0.2, 0) is 14.3 Å². The monoisotopic (exact) mass is 439 g/mol. The number of ether oxygens (including phenoxy) is 2. The molecule has 30 heavy (non-hydrogen) atoms. The average molecular weight is 440 g/mol. The Balaban J connectivity index is 1.86. The number of likely N-dealkylation sites (N-methyl/N-ethyl adjacent to an activating group) is 1. The van der Waals surface area contributed by atoms with Gasteiger partial charge < -0.3 is 24.6 Å². The molecule has 0 spiro atoms. The number of rotatable bonds is 8. The normalized spacial score (nSPS) is 14.2. The minimum atomic E-state index is -0.335. The van der Waals surface area contributed by atoms with Gasteiger partial charge in [-0.05, 0) is 51.8 Å². The lowest BCUT2D eigenvalue weighted by atomic mass is 9.96. The molecule has 1 aliphatic heterocycles. The number of carbonyl (C=O) groups excluding carboxylic acids is 3. The Bertz CT molecular complexity index is 746. The van der Waals surface area contributed by atoms with E-state index in [9.17, 15) is 14.4 Å². The number of piperidine rings is 1. The number of nitrogens with zero attached hydrogens (tertiary/aromatic N) is 2. The fourth-order valence-electron chi connectivity index (χ4n) is 3.29. The lowest BCUT2D eigenvalue weighted by molar-refractivity contribution is -0.133. The number of anilines is 1. The number of nitrogens with one attached hydrogen (secondary N) is 1. The highest BCUT2D eigenvalue weighted by molar-refractivity contribution is 6.32. The number of hydrogen-bond donors (Lipinski definition) is 1. The van der Waals surface area contributed by atoms with Crippen LogP contribution in [0.3, 0.4) is 0 Å². The van der Waals surface area contributed by atoms with Crippen molar-refractivity contribution in [1.29, 1.82) is 0 Å². The zero-order chi connectivity index (χ0) is 22.1. The first-order chi connectivity index (χ1) is 14.4. The molecule has 0 unspecified atom stereocenters. The molecular weight excluding hydrogens is 410 g/mol. The molecule has 0 aromatic heterocycles. The lowest BCUT2D eigenvalue weighted by Crippen LogP contribution is -2.41. The van der Waals surface area contributed by atoms with Crippen LogP contribution in [0.1, 0.15) is 33.6 Å². The molecule has 166 valence electrons. The number of halogens is 1. The summed E-state index contributed by atoms with van der Waals surface area (Å²) in [5, 5.41) is 3.18. The van der Waals surface area contributed by atoms with E-state index >= 15 is 0 Å². The van der Waals surface area contributed by atoms with Crippen LogP contribution in [0.15, 0.2) is 18.2 Å². The van der Waals surface area contributed by atoms with Crippen LogP contribution in [0, 0.1) is 5.92 Å². The van der Waals surface area contributed by atoms with Crippen LogP contribution >= 0.6 is 11.6 Å². The predicted molar refractivity (Wildman–Crippen MR) is 115 cm³/mol. The molecule has 0 radical (unpaired) electrons. The van der Waals surface area contributed by atoms with Gasteiger partial charge in [0.15, 0.2) is 6.61 Å². The van der Waals surface area contributed by atoms with Crippen LogP contribution in [0.2, 0.25) is 5.02 Å². The third-order valence-corrected chi connectivity index (χ3v) is 5.35. The minimum Gasteiger partial charge on any atom is -0.482 e. The molecule has 0 aliphatic carbocycles. The molecule has 8 nitrogen and oxygen atoms in total. The van der Waals surface area contributed by atoms with Gasteiger partial charge in [-0.3, -0.25) is 9.59 Å².